The zero-order valence-corrected chi connectivity index (χ0v) is 21.2. The highest BCUT2D eigenvalue weighted by atomic mass is 16.5. The van der Waals surface area contributed by atoms with Crippen molar-refractivity contribution >= 4 is 23.4 Å². The maximum atomic E-state index is 13.8. The van der Waals surface area contributed by atoms with Crippen LogP contribution in [0.4, 0.5) is 5.69 Å². The summed E-state index contributed by atoms with van der Waals surface area (Å²) in [6.07, 6.45) is 2.19. The first-order chi connectivity index (χ1) is 17.5. The molecule has 4 heterocycles. The number of nitrogens with zero attached hydrogens (tertiary/aromatic N) is 5. The number of anilines is 1. The number of benzene rings is 1. The number of hydrogen-bond acceptors (Lipinski definition) is 7. The molecule has 1 N–H and O–H groups in total. The molecule has 4 saturated heterocycles. The fourth-order valence-corrected chi connectivity index (χ4v) is 5.96. The highest BCUT2D eigenvalue weighted by Gasteiger charge is 2.51. The van der Waals surface area contributed by atoms with Gasteiger partial charge in [0.25, 0.3) is 0 Å². The quantitative estimate of drug-likeness (QED) is 0.560. The lowest BCUT2D eigenvalue weighted by Gasteiger charge is -2.42. The monoisotopic (exact) mass is 498 g/mol. The second-order valence-electron chi connectivity index (χ2n) is 10.3. The number of likely N-dealkylation sites (tertiary alicyclic amines) is 2. The Bertz CT molecular complexity index is 932. The van der Waals surface area contributed by atoms with E-state index in [0.29, 0.717) is 59.0 Å². The van der Waals surface area contributed by atoms with E-state index in [-0.39, 0.29) is 35.6 Å². The molecule has 3 amide bonds. The highest BCUT2D eigenvalue weighted by molar-refractivity contribution is 5.98. The van der Waals surface area contributed by atoms with Crippen molar-refractivity contribution < 1.29 is 19.1 Å². The minimum absolute atomic E-state index is 0.0105. The third kappa shape index (κ3) is 5.27. The molecule has 0 aromatic heterocycles. The number of carbonyl (C=O) groups is 3. The Balaban J connectivity index is 1.24. The molecule has 0 aliphatic carbocycles. The number of hydrazine groups is 1. The molecule has 0 bridgehead atoms. The topological polar surface area (TPSA) is 88.7 Å². The van der Waals surface area contributed by atoms with Gasteiger partial charge in [-0.25, -0.2) is 10.4 Å². The fraction of sp³-hybridized carbons (Fsp3) is 0.654. The molecular weight excluding hydrogens is 460 g/mol. The lowest BCUT2D eigenvalue weighted by atomic mass is 9.83. The third-order valence-corrected chi connectivity index (χ3v) is 8.04. The molecule has 4 fully saturated rings. The summed E-state index contributed by atoms with van der Waals surface area (Å²) >= 11 is 0. The Morgan fingerprint density at radius 3 is 2.36 bits per heavy atom. The summed E-state index contributed by atoms with van der Waals surface area (Å²) < 4.78 is 5.28. The number of rotatable bonds is 7. The number of para-hydroxylation sites is 1. The van der Waals surface area contributed by atoms with E-state index in [0.717, 1.165) is 31.6 Å². The summed E-state index contributed by atoms with van der Waals surface area (Å²) in [6.45, 7) is 7.23. The number of amides is 3. The van der Waals surface area contributed by atoms with Crippen LogP contribution in [-0.2, 0) is 19.1 Å². The number of piperazine rings is 1. The van der Waals surface area contributed by atoms with Gasteiger partial charge in [-0.15, -0.1) is 0 Å². The van der Waals surface area contributed by atoms with Crippen LogP contribution in [0, 0.1) is 11.8 Å². The van der Waals surface area contributed by atoms with Gasteiger partial charge in [0.2, 0.25) is 17.7 Å². The van der Waals surface area contributed by atoms with Crippen molar-refractivity contribution in [2.75, 3.05) is 84.2 Å². The van der Waals surface area contributed by atoms with Crippen molar-refractivity contribution in [3.05, 3.63) is 30.3 Å². The normalized spacial score (nSPS) is 27.5. The number of nitrogens with one attached hydrogen (secondary N) is 1. The lowest BCUT2D eigenvalue weighted by molar-refractivity contribution is -0.141. The van der Waals surface area contributed by atoms with Crippen LogP contribution in [-0.4, -0.2) is 123 Å². The van der Waals surface area contributed by atoms with Crippen LogP contribution in [0.3, 0.4) is 0 Å². The molecule has 36 heavy (non-hydrogen) atoms. The van der Waals surface area contributed by atoms with Gasteiger partial charge in [-0.05, 0) is 25.0 Å². The fourth-order valence-electron chi connectivity index (χ4n) is 5.96. The Labute approximate surface area is 213 Å². The van der Waals surface area contributed by atoms with Crippen molar-refractivity contribution in [2.24, 2.45) is 11.8 Å². The molecule has 5 rings (SSSR count). The van der Waals surface area contributed by atoms with Crippen LogP contribution in [0.25, 0.3) is 0 Å². The average Bonchev–Trinajstić information content (AvgIpc) is 3.57. The Morgan fingerprint density at radius 2 is 1.67 bits per heavy atom. The maximum absolute atomic E-state index is 13.8. The predicted octanol–water partition coefficient (Wildman–Crippen LogP) is -0.133. The van der Waals surface area contributed by atoms with Gasteiger partial charge in [-0.2, -0.15) is 0 Å². The van der Waals surface area contributed by atoms with E-state index in [2.05, 4.69) is 15.2 Å². The molecule has 196 valence electrons. The Hall–Kier alpha value is -2.53. The van der Waals surface area contributed by atoms with Crippen LogP contribution in [0.1, 0.15) is 12.8 Å². The van der Waals surface area contributed by atoms with Crippen LogP contribution < -0.4 is 10.4 Å². The Kier molecular flexibility index (Phi) is 7.85. The minimum Gasteiger partial charge on any atom is -0.383 e. The SMILES string of the molecule is COCCN1CC(C(=O)N2CCN(CC(=O)N3CCCC3)CC2)C2NN(c3ccccc3)C(=O)C2C1. The number of ether oxygens (including phenoxy) is 1. The molecule has 10 heteroatoms. The van der Waals surface area contributed by atoms with Crippen molar-refractivity contribution in [1.82, 2.24) is 25.0 Å². The summed E-state index contributed by atoms with van der Waals surface area (Å²) in [4.78, 5) is 48.0. The molecule has 4 aliphatic rings. The number of fused-ring (bicyclic) bond motifs is 1. The van der Waals surface area contributed by atoms with E-state index in [1.807, 2.05) is 40.1 Å². The van der Waals surface area contributed by atoms with Crippen molar-refractivity contribution in [3.8, 4) is 0 Å². The maximum Gasteiger partial charge on any atom is 0.247 e. The molecule has 0 radical (unpaired) electrons. The second-order valence-corrected chi connectivity index (χ2v) is 10.3. The van der Waals surface area contributed by atoms with Gasteiger partial charge in [0, 0.05) is 66.0 Å². The number of carbonyl (C=O) groups excluding carboxylic acids is 3. The van der Waals surface area contributed by atoms with E-state index in [1.165, 1.54) is 0 Å². The molecule has 3 unspecified atom stereocenters. The van der Waals surface area contributed by atoms with Crippen molar-refractivity contribution in [2.45, 2.75) is 18.9 Å². The van der Waals surface area contributed by atoms with Gasteiger partial charge < -0.3 is 14.5 Å². The van der Waals surface area contributed by atoms with Crippen molar-refractivity contribution in [3.63, 3.8) is 0 Å². The van der Waals surface area contributed by atoms with Gasteiger partial charge in [0.05, 0.1) is 36.7 Å². The summed E-state index contributed by atoms with van der Waals surface area (Å²) in [5.41, 5.74) is 4.18. The minimum atomic E-state index is -0.323. The average molecular weight is 499 g/mol. The van der Waals surface area contributed by atoms with E-state index in [9.17, 15) is 14.4 Å². The van der Waals surface area contributed by atoms with E-state index in [4.69, 9.17) is 4.74 Å². The predicted molar refractivity (Wildman–Crippen MR) is 135 cm³/mol. The zero-order chi connectivity index (χ0) is 25.1. The molecule has 10 nitrogen and oxygen atoms in total. The summed E-state index contributed by atoms with van der Waals surface area (Å²) in [5, 5.41) is 1.62. The van der Waals surface area contributed by atoms with Gasteiger partial charge in [-0.3, -0.25) is 24.2 Å². The zero-order valence-electron chi connectivity index (χ0n) is 21.2. The van der Waals surface area contributed by atoms with Crippen LogP contribution >= 0.6 is 0 Å². The van der Waals surface area contributed by atoms with Gasteiger partial charge in [-0.1, -0.05) is 18.2 Å². The first kappa shape index (κ1) is 25.1. The van der Waals surface area contributed by atoms with Gasteiger partial charge >= 0.3 is 0 Å². The molecule has 1 aromatic rings. The Morgan fingerprint density at radius 1 is 0.944 bits per heavy atom. The van der Waals surface area contributed by atoms with Gasteiger partial charge in [0.1, 0.15) is 0 Å². The first-order valence-corrected chi connectivity index (χ1v) is 13.2. The summed E-state index contributed by atoms with van der Waals surface area (Å²) in [5.74, 6) is -0.310. The van der Waals surface area contributed by atoms with Crippen LogP contribution in [0.5, 0.6) is 0 Å². The summed E-state index contributed by atoms with van der Waals surface area (Å²) in [7, 11) is 1.67. The number of methoxy groups -OCH3 is 1. The van der Waals surface area contributed by atoms with E-state index < -0.39 is 0 Å². The number of piperidine rings is 1. The van der Waals surface area contributed by atoms with Crippen molar-refractivity contribution in [1.29, 1.82) is 0 Å². The smallest absolute Gasteiger partial charge is 0.247 e. The van der Waals surface area contributed by atoms with Gasteiger partial charge in [0.15, 0.2) is 0 Å². The number of hydrogen-bond donors (Lipinski definition) is 1. The molecular formula is C26H38N6O4. The van der Waals surface area contributed by atoms with E-state index in [1.54, 1.807) is 12.1 Å². The largest absolute Gasteiger partial charge is 0.383 e. The third-order valence-electron chi connectivity index (χ3n) is 8.04. The van der Waals surface area contributed by atoms with E-state index >= 15 is 0 Å². The van der Waals surface area contributed by atoms with Crippen LogP contribution in [0.15, 0.2) is 30.3 Å². The van der Waals surface area contributed by atoms with Crippen LogP contribution in [0.2, 0.25) is 0 Å². The second kappa shape index (κ2) is 11.2. The lowest BCUT2D eigenvalue weighted by Crippen LogP contribution is -2.60. The summed E-state index contributed by atoms with van der Waals surface area (Å²) in [6, 6.07) is 9.32. The molecule has 4 aliphatic heterocycles. The molecule has 0 spiro atoms. The first-order valence-electron chi connectivity index (χ1n) is 13.2. The molecule has 3 atom stereocenters. The standard InChI is InChI=1S/C26H38N6O4/c1-36-16-15-29-17-21(24-22(18-29)26(35)32(27-24)20-7-3-2-4-8-20)25(34)31-13-11-28(12-14-31)19-23(33)30-9-5-6-10-30/h2-4,7-8,21-22,24,27H,5-6,9-19H2,1H3. The molecule has 0 saturated carbocycles. The molecule has 1 aromatic carbocycles. The highest BCUT2D eigenvalue weighted by Crippen LogP contribution is 2.32.